The van der Waals surface area contributed by atoms with Crippen molar-refractivity contribution >= 4 is 23.2 Å². The van der Waals surface area contributed by atoms with Gasteiger partial charge in [0.1, 0.15) is 24.4 Å². The fourth-order valence-electron chi connectivity index (χ4n) is 3.42. The van der Waals surface area contributed by atoms with Gasteiger partial charge in [-0.1, -0.05) is 59.6 Å². The molecule has 2 aromatic carbocycles. The lowest BCUT2D eigenvalue weighted by atomic mass is 10.0. The van der Waals surface area contributed by atoms with Gasteiger partial charge in [0, 0.05) is 21.2 Å². The van der Waals surface area contributed by atoms with Gasteiger partial charge in [-0.2, -0.15) is 0 Å². The predicted octanol–water partition coefficient (Wildman–Crippen LogP) is 3.24. The molecular weight excluding hydrogens is 407 g/mol. The van der Waals surface area contributed by atoms with Gasteiger partial charge < -0.3 is 29.2 Å². The summed E-state index contributed by atoms with van der Waals surface area (Å²) in [6, 6.07) is 14.3. The molecule has 0 saturated carbocycles. The standard InChI is InChI=1S/C20H20Cl2O6/c21-13-7-3-1-5-11(13)19-25-10-16-18(17(27-19)15(24)9-23)28-20(26-16)12-6-2-4-8-14(12)22/h1-8,15-20,23-24H,9-10H2/t15-,16+,17-,18-,19?,20?/m0/s1. The topological polar surface area (TPSA) is 77.4 Å². The van der Waals surface area contributed by atoms with Crippen LogP contribution in [-0.2, 0) is 18.9 Å². The molecule has 2 fully saturated rings. The van der Waals surface area contributed by atoms with Crippen LogP contribution in [0.1, 0.15) is 23.7 Å². The van der Waals surface area contributed by atoms with Crippen LogP contribution < -0.4 is 0 Å². The summed E-state index contributed by atoms with van der Waals surface area (Å²) in [7, 11) is 0. The molecule has 4 rings (SSSR count). The molecule has 2 saturated heterocycles. The van der Waals surface area contributed by atoms with E-state index in [1.54, 1.807) is 24.3 Å². The van der Waals surface area contributed by atoms with Crippen LogP contribution >= 0.6 is 23.2 Å². The first kappa shape index (κ1) is 20.1. The summed E-state index contributed by atoms with van der Waals surface area (Å²) in [6.45, 7) is -0.334. The molecule has 2 aliphatic rings. The van der Waals surface area contributed by atoms with E-state index in [4.69, 9.17) is 42.1 Å². The van der Waals surface area contributed by atoms with Crippen LogP contribution in [0.2, 0.25) is 10.0 Å². The van der Waals surface area contributed by atoms with E-state index in [1.807, 2.05) is 24.3 Å². The third kappa shape index (κ3) is 3.92. The number of benzene rings is 2. The molecule has 2 aliphatic heterocycles. The first-order valence-electron chi connectivity index (χ1n) is 8.94. The molecule has 150 valence electrons. The Morgan fingerprint density at radius 1 is 0.893 bits per heavy atom. The van der Waals surface area contributed by atoms with Crippen molar-refractivity contribution in [3.05, 3.63) is 69.7 Å². The van der Waals surface area contributed by atoms with Crippen molar-refractivity contribution in [3.8, 4) is 0 Å². The fourth-order valence-corrected chi connectivity index (χ4v) is 3.87. The molecule has 28 heavy (non-hydrogen) atoms. The largest absolute Gasteiger partial charge is 0.394 e. The Hall–Kier alpha value is -1.22. The van der Waals surface area contributed by atoms with E-state index in [1.165, 1.54) is 0 Å². The summed E-state index contributed by atoms with van der Waals surface area (Å²) in [6.07, 6.45) is -4.78. The summed E-state index contributed by atoms with van der Waals surface area (Å²) < 4.78 is 24.0. The van der Waals surface area contributed by atoms with Crippen LogP contribution in [0.15, 0.2) is 48.5 Å². The molecule has 8 heteroatoms. The minimum Gasteiger partial charge on any atom is -0.394 e. The van der Waals surface area contributed by atoms with Gasteiger partial charge in [-0.05, 0) is 12.1 Å². The Kier molecular flexibility index (Phi) is 6.20. The van der Waals surface area contributed by atoms with Crippen molar-refractivity contribution in [3.63, 3.8) is 0 Å². The van der Waals surface area contributed by atoms with Gasteiger partial charge in [0.25, 0.3) is 0 Å². The van der Waals surface area contributed by atoms with E-state index < -0.39 is 43.6 Å². The molecule has 2 N–H and O–H groups in total. The summed E-state index contributed by atoms with van der Waals surface area (Å²) >= 11 is 12.5. The Morgan fingerprint density at radius 3 is 2.11 bits per heavy atom. The van der Waals surface area contributed by atoms with Crippen molar-refractivity contribution in [2.45, 2.75) is 37.0 Å². The number of hydrogen-bond donors (Lipinski definition) is 2. The Morgan fingerprint density at radius 2 is 1.50 bits per heavy atom. The van der Waals surface area contributed by atoms with Crippen LogP contribution in [-0.4, -0.2) is 47.8 Å². The maximum absolute atomic E-state index is 10.4. The average Bonchev–Trinajstić information content (AvgIpc) is 3.04. The molecule has 0 spiro atoms. The zero-order valence-electron chi connectivity index (χ0n) is 14.8. The third-order valence-corrected chi connectivity index (χ3v) is 5.53. The van der Waals surface area contributed by atoms with Crippen molar-refractivity contribution in [1.82, 2.24) is 0 Å². The van der Waals surface area contributed by atoms with Gasteiger partial charge in [0.05, 0.1) is 13.2 Å². The fraction of sp³-hybridized carbons (Fsp3) is 0.400. The number of aliphatic hydroxyl groups excluding tert-OH is 2. The van der Waals surface area contributed by atoms with Gasteiger partial charge in [0.2, 0.25) is 0 Å². The molecule has 0 amide bonds. The van der Waals surface area contributed by atoms with Crippen LogP contribution in [0.3, 0.4) is 0 Å². The van der Waals surface area contributed by atoms with E-state index in [-0.39, 0.29) is 6.61 Å². The second-order valence-electron chi connectivity index (χ2n) is 6.67. The van der Waals surface area contributed by atoms with Crippen molar-refractivity contribution in [1.29, 1.82) is 0 Å². The van der Waals surface area contributed by atoms with E-state index in [2.05, 4.69) is 0 Å². The van der Waals surface area contributed by atoms with Gasteiger partial charge in [-0.25, -0.2) is 0 Å². The Labute approximate surface area is 172 Å². The van der Waals surface area contributed by atoms with Gasteiger partial charge in [0.15, 0.2) is 12.6 Å². The van der Waals surface area contributed by atoms with Crippen LogP contribution in [0.5, 0.6) is 0 Å². The second kappa shape index (κ2) is 8.65. The highest BCUT2D eigenvalue weighted by atomic mass is 35.5. The highest BCUT2D eigenvalue weighted by Crippen LogP contribution is 2.41. The van der Waals surface area contributed by atoms with Gasteiger partial charge in [-0.15, -0.1) is 0 Å². The highest BCUT2D eigenvalue weighted by molar-refractivity contribution is 6.31. The SMILES string of the molecule is OC[C@H](O)[C@@H]1OC(c2ccccc2Cl)OC[C@H]2OC(c3ccccc3Cl)O[C@H]12. The summed E-state index contributed by atoms with van der Waals surface area (Å²) in [5.74, 6) is 0. The Balaban J connectivity index is 1.60. The molecule has 0 radical (unpaired) electrons. The minimum absolute atomic E-state index is 0.163. The first-order valence-corrected chi connectivity index (χ1v) is 9.70. The molecule has 2 unspecified atom stereocenters. The van der Waals surface area contributed by atoms with Gasteiger partial charge >= 0.3 is 0 Å². The molecule has 2 heterocycles. The monoisotopic (exact) mass is 426 g/mol. The predicted molar refractivity (Wildman–Crippen MR) is 102 cm³/mol. The average molecular weight is 427 g/mol. The normalized spacial score (nSPS) is 31.2. The quantitative estimate of drug-likeness (QED) is 0.781. The molecule has 6 nitrogen and oxygen atoms in total. The number of aliphatic hydroxyl groups is 2. The zero-order chi connectivity index (χ0) is 19.7. The molecule has 2 aromatic rings. The van der Waals surface area contributed by atoms with Crippen LogP contribution in [0, 0.1) is 0 Å². The van der Waals surface area contributed by atoms with Crippen molar-refractivity contribution in [2.24, 2.45) is 0 Å². The molecular formula is C20H20Cl2O6. The second-order valence-corrected chi connectivity index (χ2v) is 7.48. The maximum atomic E-state index is 10.4. The number of fused-ring (bicyclic) bond motifs is 1. The minimum atomic E-state index is -1.19. The Bertz CT molecular complexity index is 819. The lowest BCUT2D eigenvalue weighted by Gasteiger charge is -2.28. The third-order valence-electron chi connectivity index (χ3n) is 4.85. The summed E-state index contributed by atoms with van der Waals surface area (Å²) in [4.78, 5) is 0. The molecule has 0 bridgehead atoms. The van der Waals surface area contributed by atoms with Crippen molar-refractivity contribution in [2.75, 3.05) is 13.2 Å². The van der Waals surface area contributed by atoms with E-state index >= 15 is 0 Å². The van der Waals surface area contributed by atoms with Crippen molar-refractivity contribution < 1.29 is 29.2 Å². The zero-order valence-corrected chi connectivity index (χ0v) is 16.3. The van der Waals surface area contributed by atoms with E-state index in [9.17, 15) is 10.2 Å². The molecule has 0 aliphatic carbocycles. The van der Waals surface area contributed by atoms with E-state index in [0.29, 0.717) is 21.2 Å². The summed E-state index contributed by atoms with van der Waals surface area (Å²) in [5, 5.41) is 20.9. The number of halogens is 2. The first-order chi connectivity index (χ1) is 13.6. The van der Waals surface area contributed by atoms with Crippen LogP contribution in [0.4, 0.5) is 0 Å². The highest BCUT2D eigenvalue weighted by Gasteiger charge is 2.48. The van der Waals surface area contributed by atoms with Crippen LogP contribution in [0.25, 0.3) is 0 Å². The number of rotatable bonds is 4. The molecule has 6 atom stereocenters. The summed E-state index contributed by atoms with van der Waals surface area (Å²) in [5.41, 5.74) is 1.30. The van der Waals surface area contributed by atoms with E-state index in [0.717, 1.165) is 0 Å². The lowest BCUT2D eigenvalue weighted by molar-refractivity contribution is -0.216. The van der Waals surface area contributed by atoms with Gasteiger partial charge in [-0.3, -0.25) is 0 Å². The number of hydrogen-bond acceptors (Lipinski definition) is 6. The smallest absolute Gasteiger partial charge is 0.186 e. The lowest BCUT2D eigenvalue weighted by Crippen LogP contribution is -2.45. The maximum Gasteiger partial charge on any atom is 0.186 e. The number of ether oxygens (including phenoxy) is 4. The molecule has 0 aromatic heterocycles.